The summed E-state index contributed by atoms with van der Waals surface area (Å²) in [6.07, 6.45) is 1.26. The molecule has 0 fully saturated rings. The van der Waals surface area contributed by atoms with E-state index in [0.29, 0.717) is 5.41 Å². The Morgan fingerprint density at radius 1 is 0.867 bits per heavy atom. The molecule has 0 rings (SSSR count). The van der Waals surface area contributed by atoms with Crippen LogP contribution >= 0.6 is 0 Å². The molecule has 92 valence electrons. The van der Waals surface area contributed by atoms with Gasteiger partial charge in [-0.15, -0.1) is 0 Å². The summed E-state index contributed by atoms with van der Waals surface area (Å²) in [4.78, 5) is 4.96. The van der Waals surface area contributed by atoms with Gasteiger partial charge >= 0.3 is 0 Å². The van der Waals surface area contributed by atoms with Gasteiger partial charge in [-0.25, -0.2) is 0 Å². The van der Waals surface area contributed by atoms with E-state index >= 15 is 0 Å². The zero-order valence-corrected chi connectivity index (χ0v) is 11.6. The average molecular weight is 214 g/mol. The molecule has 0 aromatic carbocycles. The quantitative estimate of drug-likeness (QED) is 0.613. The molecule has 0 aliphatic rings. The Kier molecular flexibility index (Phi) is 7.20. The molecule has 0 N–H and O–H groups in total. The van der Waals surface area contributed by atoms with Crippen LogP contribution in [0.15, 0.2) is 0 Å². The molecule has 0 radical (unpaired) electrons. The van der Waals surface area contributed by atoms with Gasteiger partial charge in [0.25, 0.3) is 0 Å². The van der Waals surface area contributed by atoms with Gasteiger partial charge < -0.3 is 9.80 Å². The largest absolute Gasteiger partial charge is 0.306 e. The van der Waals surface area contributed by atoms with Crippen LogP contribution in [0, 0.1) is 5.41 Å². The second kappa shape index (κ2) is 7.24. The normalized spacial score (nSPS) is 16.0. The lowest BCUT2D eigenvalue weighted by Gasteiger charge is -2.36. The molecule has 0 aromatic rings. The number of hydrogen-bond donors (Lipinski definition) is 0. The molecule has 0 aliphatic carbocycles. The number of rotatable bonds is 8. The van der Waals surface area contributed by atoms with Crippen LogP contribution in [0.2, 0.25) is 0 Å². The lowest BCUT2D eigenvalue weighted by Crippen LogP contribution is -2.42. The molecule has 0 saturated carbocycles. The molecule has 2 heteroatoms. The minimum atomic E-state index is 0.441. The first-order valence-corrected chi connectivity index (χ1v) is 6.42. The monoisotopic (exact) mass is 214 g/mol. The highest BCUT2D eigenvalue weighted by atomic mass is 15.1. The lowest BCUT2D eigenvalue weighted by atomic mass is 9.86. The predicted octanol–water partition coefficient (Wildman–Crippen LogP) is 2.70. The number of nitrogens with zero attached hydrogens (tertiary/aromatic N) is 2. The third kappa shape index (κ3) is 5.53. The standard InChI is InChI=1S/C13H30N2/c1-7-13(5,11-14(6)8-2)12-15(9-3)10-4/h7-12H2,1-6H3. The summed E-state index contributed by atoms with van der Waals surface area (Å²) in [6.45, 7) is 17.4. The van der Waals surface area contributed by atoms with Crippen molar-refractivity contribution in [1.29, 1.82) is 0 Å². The topological polar surface area (TPSA) is 6.48 Å². The molecule has 0 heterocycles. The number of hydrogen-bond acceptors (Lipinski definition) is 2. The molecule has 0 aliphatic heterocycles. The molecule has 0 saturated heterocycles. The summed E-state index contributed by atoms with van der Waals surface area (Å²) in [5.41, 5.74) is 0.441. The Morgan fingerprint density at radius 3 is 1.73 bits per heavy atom. The fraction of sp³-hybridized carbons (Fsp3) is 1.00. The van der Waals surface area contributed by atoms with Crippen molar-refractivity contribution in [1.82, 2.24) is 9.80 Å². The van der Waals surface area contributed by atoms with Crippen molar-refractivity contribution in [2.24, 2.45) is 5.41 Å². The summed E-state index contributed by atoms with van der Waals surface area (Å²) in [6, 6.07) is 0. The Hall–Kier alpha value is -0.0800. The molecule has 0 aromatic heterocycles. The Balaban J connectivity index is 4.28. The van der Waals surface area contributed by atoms with Gasteiger partial charge in [-0.2, -0.15) is 0 Å². The van der Waals surface area contributed by atoms with E-state index in [1.165, 1.54) is 32.6 Å². The predicted molar refractivity (Wildman–Crippen MR) is 69.4 cm³/mol. The van der Waals surface area contributed by atoms with Crippen LogP contribution in [0.4, 0.5) is 0 Å². The fourth-order valence-corrected chi connectivity index (χ4v) is 2.02. The first-order valence-electron chi connectivity index (χ1n) is 6.42. The SMILES string of the molecule is CCN(C)CC(C)(CC)CN(CC)CC. The van der Waals surface area contributed by atoms with E-state index in [1.807, 2.05) is 0 Å². The van der Waals surface area contributed by atoms with Crippen LogP contribution in [0.3, 0.4) is 0 Å². The van der Waals surface area contributed by atoms with Crippen LogP contribution in [0.5, 0.6) is 0 Å². The molecule has 0 bridgehead atoms. The van der Waals surface area contributed by atoms with Crippen molar-refractivity contribution in [3.8, 4) is 0 Å². The highest BCUT2D eigenvalue weighted by Crippen LogP contribution is 2.23. The van der Waals surface area contributed by atoms with Crippen LogP contribution in [0.1, 0.15) is 41.0 Å². The summed E-state index contributed by atoms with van der Waals surface area (Å²) >= 11 is 0. The average Bonchev–Trinajstić information content (AvgIpc) is 2.25. The molecule has 1 atom stereocenters. The first-order chi connectivity index (χ1) is 7.01. The van der Waals surface area contributed by atoms with Crippen LogP contribution in [-0.4, -0.2) is 49.6 Å². The van der Waals surface area contributed by atoms with Gasteiger partial charge in [-0.3, -0.25) is 0 Å². The zero-order chi connectivity index (χ0) is 11.9. The van der Waals surface area contributed by atoms with Gasteiger partial charge in [0, 0.05) is 13.1 Å². The van der Waals surface area contributed by atoms with E-state index < -0.39 is 0 Å². The van der Waals surface area contributed by atoms with Crippen molar-refractivity contribution in [3.63, 3.8) is 0 Å². The van der Waals surface area contributed by atoms with Gasteiger partial charge in [0.2, 0.25) is 0 Å². The van der Waals surface area contributed by atoms with E-state index in [9.17, 15) is 0 Å². The van der Waals surface area contributed by atoms with E-state index in [4.69, 9.17) is 0 Å². The smallest absolute Gasteiger partial charge is 0.00472 e. The van der Waals surface area contributed by atoms with Gasteiger partial charge in [0.1, 0.15) is 0 Å². The Morgan fingerprint density at radius 2 is 1.40 bits per heavy atom. The minimum absolute atomic E-state index is 0.441. The van der Waals surface area contributed by atoms with E-state index in [-0.39, 0.29) is 0 Å². The van der Waals surface area contributed by atoms with Crippen molar-refractivity contribution >= 4 is 0 Å². The third-order valence-corrected chi connectivity index (χ3v) is 3.54. The maximum absolute atomic E-state index is 2.53. The molecule has 15 heavy (non-hydrogen) atoms. The van der Waals surface area contributed by atoms with Gasteiger partial charge in [-0.05, 0) is 38.5 Å². The van der Waals surface area contributed by atoms with Crippen LogP contribution < -0.4 is 0 Å². The first kappa shape index (κ1) is 14.9. The molecular formula is C13H30N2. The van der Waals surface area contributed by atoms with Crippen molar-refractivity contribution in [3.05, 3.63) is 0 Å². The van der Waals surface area contributed by atoms with Crippen LogP contribution in [0.25, 0.3) is 0 Å². The third-order valence-electron chi connectivity index (χ3n) is 3.54. The molecule has 1 unspecified atom stereocenters. The highest BCUT2D eigenvalue weighted by Gasteiger charge is 2.25. The second-order valence-electron chi connectivity index (χ2n) is 4.96. The highest BCUT2D eigenvalue weighted by molar-refractivity contribution is 4.79. The van der Waals surface area contributed by atoms with Crippen molar-refractivity contribution in [2.45, 2.75) is 41.0 Å². The maximum Gasteiger partial charge on any atom is 0.00472 e. The van der Waals surface area contributed by atoms with Crippen LogP contribution in [-0.2, 0) is 0 Å². The summed E-state index contributed by atoms with van der Waals surface area (Å²) in [7, 11) is 2.22. The van der Waals surface area contributed by atoms with E-state index in [0.717, 1.165) is 6.54 Å². The Labute approximate surface area is 96.6 Å². The van der Waals surface area contributed by atoms with Gasteiger partial charge in [0.15, 0.2) is 0 Å². The van der Waals surface area contributed by atoms with Crippen molar-refractivity contribution < 1.29 is 0 Å². The molecular weight excluding hydrogens is 184 g/mol. The van der Waals surface area contributed by atoms with Gasteiger partial charge in [-0.1, -0.05) is 34.6 Å². The van der Waals surface area contributed by atoms with E-state index in [2.05, 4.69) is 51.5 Å². The summed E-state index contributed by atoms with van der Waals surface area (Å²) in [5, 5.41) is 0. The summed E-state index contributed by atoms with van der Waals surface area (Å²) in [5.74, 6) is 0. The molecule has 2 nitrogen and oxygen atoms in total. The maximum atomic E-state index is 2.53. The van der Waals surface area contributed by atoms with E-state index in [1.54, 1.807) is 0 Å². The van der Waals surface area contributed by atoms with Crippen molar-refractivity contribution in [2.75, 3.05) is 39.8 Å². The molecule has 0 spiro atoms. The molecule has 0 amide bonds. The Bertz CT molecular complexity index is 155. The lowest BCUT2D eigenvalue weighted by molar-refractivity contribution is 0.123. The second-order valence-corrected chi connectivity index (χ2v) is 4.96. The zero-order valence-electron chi connectivity index (χ0n) is 11.6. The van der Waals surface area contributed by atoms with Gasteiger partial charge in [0.05, 0.1) is 0 Å². The minimum Gasteiger partial charge on any atom is -0.306 e. The fourth-order valence-electron chi connectivity index (χ4n) is 2.02. The summed E-state index contributed by atoms with van der Waals surface area (Å²) < 4.78 is 0.